The second-order valence-electron chi connectivity index (χ2n) is 17.8. The number of anilines is 3. The van der Waals surface area contributed by atoms with Crippen molar-refractivity contribution in [2.75, 3.05) is 4.90 Å². The number of ether oxygens (including phenoxy) is 1. The van der Waals surface area contributed by atoms with E-state index in [0.29, 0.717) is 0 Å². The molecule has 296 valence electrons. The fourth-order valence-electron chi connectivity index (χ4n) is 11.2. The number of aryl methyl sites for hydroxylation is 2. The Hall–Kier alpha value is -7.42. The SMILES string of the molecule is Cc1cc(-c2ccc(-c3ccccc3)cc2)cc(C)c1N(c1ccc2c(c1)C(C)(C)c1ccccc1-2)c1ccc2c(c1)C1(c3ccccc3Oc3ccccc31)c1ccccc1-2. The second-order valence-corrected chi connectivity index (χ2v) is 17.8. The van der Waals surface area contributed by atoms with Gasteiger partial charge in [0.1, 0.15) is 11.5 Å². The standard InChI is InChI=1S/C60H45NO/c1-38-34-43(42-28-26-41(27-29-42)40-16-6-5-7-17-40)35-39(2)58(38)61(44-30-32-48-46-18-8-10-20-50(46)59(3,4)54(48)36-44)45-31-33-49-47-19-9-11-21-51(47)60(55(49)37-45)52-22-12-14-24-56(52)62-57-25-15-13-23-53(57)60/h5-37H,1-4H3. The predicted octanol–water partition coefficient (Wildman–Crippen LogP) is 15.9. The van der Waals surface area contributed by atoms with Gasteiger partial charge < -0.3 is 9.64 Å². The number of hydrogen-bond donors (Lipinski definition) is 0. The van der Waals surface area contributed by atoms with Crippen LogP contribution < -0.4 is 9.64 Å². The third-order valence-electron chi connectivity index (χ3n) is 14.0. The molecule has 1 spiro atoms. The maximum atomic E-state index is 6.70. The first kappa shape index (κ1) is 36.4. The van der Waals surface area contributed by atoms with E-state index < -0.39 is 5.41 Å². The molecule has 0 saturated carbocycles. The van der Waals surface area contributed by atoms with Gasteiger partial charge in [0.2, 0.25) is 0 Å². The van der Waals surface area contributed by atoms with Crippen molar-refractivity contribution in [1.82, 2.24) is 0 Å². The highest BCUT2D eigenvalue weighted by Crippen LogP contribution is 2.63. The quantitative estimate of drug-likeness (QED) is 0.172. The molecule has 9 aromatic carbocycles. The lowest BCUT2D eigenvalue weighted by molar-refractivity contribution is 0.436. The average molecular weight is 796 g/mol. The molecule has 0 atom stereocenters. The summed E-state index contributed by atoms with van der Waals surface area (Å²) < 4.78 is 6.70. The van der Waals surface area contributed by atoms with Gasteiger partial charge in [-0.25, -0.2) is 0 Å². The fourth-order valence-corrected chi connectivity index (χ4v) is 11.2. The van der Waals surface area contributed by atoms with Crippen molar-refractivity contribution >= 4 is 17.1 Å². The summed E-state index contributed by atoms with van der Waals surface area (Å²) in [5.41, 5.74) is 22.8. The van der Waals surface area contributed by atoms with Crippen LogP contribution in [0.2, 0.25) is 0 Å². The van der Waals surface area contributed by atoms with Gasteiger partial charge in [-0.15, -0.1) is 0 Å². The lowest BCUT2D eigenvalue weighted by atomic mass is 9.66. The highest BCUT2D eigenvalue weighted by molar-refractivity contribution is 5.93. The van der Waals surface area contributed by atoms with Crippen molar-refractivity contribution in [3.05, 3.63) is 245 Å². The van der Waals surface area contributed by atoms with Crippen LogP contribution in [0.5, 0.6) is 11.5 Å². The van der Waals surface area contributed by atoms with Gasteiger partial charge in [-0.3, -0.25) is 0 Å². The Labute approximate surface area is 364 Å². The Kier molecular flexibility index (Phi) is 7.96. The molecule has 9 aromatic rings. The van der Waals surface area contributed by atoms with Gasteiger partial charge in [-0.1, -0.05) is 166 Å². The van der Waals surface area contributed by atoms with Gasteiger partial charge in [-0.05, 0) is 140 Å². The van der Waals surface area contributed by atoms with Crippen molar-refractivity contribution < 1.29 is 4.74 Å². The van der Waals surface area contributed by atoms with Crippen LogP contribution in [0.1, 0.15) is 58.4 Å². The van der Waals surface area contributed by atoms with Crippen LogP contribution in [0.15, 0.2) is 200 Å². The Bertz CT molecular complexity index is 3200. The van der Waals surface area contributed by atoms with Crippen molar-refractivity contribution in [1.29, 1.82) is 0 Å². The molecule has 0 radical (unpaired) electrons. The number of hydrogen-bond acceptors (Lipinski definition) is 2. The first-order chi connectivity index (χ1) is 30.3. The first-order valence-electron chi connectivity index (χ1n) is 21.8. The van der Waals surface area contributed by atoms with E-state index in [1.165, 1.54) is 94.7 Å². The fraction of sp³-hybridized carbons (Fsp3) is 0.100. The van der Waals surface area contributed by atoms with Gasteiger partial charge in [-0.2, -0.15) is 0 Å². The van der Waals surface area contributed by atoms with Gasteiger partial charge in [0.05, 0.1) is 11.1 Å². The zero-order valence-corrected chi connectivity index (χ0v) is 35.4. The largest absolute Gasteiger partial charge is 0.457 e. The normalized spacial score (nSPS) is 14.2. The van der Waals surface area contributed by atoms with Crippen molar-refractivity contribution in [3.8, 4) is 56.0 Å². The maximum absolute atomic E-state index is 6.70. The zero-order valence-electron chi connectivity index (χ0n) is 35.4. The summed E-state index contributed by atoms with van der Waals surface area (Å²) in [6.07, 6.45) is 0. The minimum absolute atomic E-state index is 0.146. The van der Waals surface area contributed by atoms with E-state index in [2.05, 4.69) is 233 Å². The molecule has 0 unspecified atom stereocenters. The van der Waals surface area contributed by atoms with Crippen molar-refractivity contribution in [2.45, 2.75) is 38.5 Å². The van der Waals surface area contributed by atoms with E-state index in [1.54, 1.807) is 0 Å². The summed E-state index contributed by atoms with van der Waals surface area (Å²) in [4.78, 5) is 2.53. The van der Waals surface area contributed by atoms with E-state index in [1.807, 2.05) is 0 Å². The van der Waals surface area contributed by atoms with Gasteiger partial charge in [0, 0.05) is 27.9 Å². The van der Waals surface area contributed by atoms with Gasteiger partial charge in [0.15, 0.2) is 0 Å². The molecule has 2 nitrogen and oxygen atoms in total. The van der Waals surface area contributed by atoms with Crippen molar-refractivity contribution in [2.24, 2.45) is 0 Å². The number of rotatable bonds is 5. The van der Waals surface area contributed by atoms with E-state index in [-0.39, 0.29) is 5.41 Å². The molecule has 12 rings (SSSR count). The van der Waals surface area contributed by atoms with Crippen LogP contribution >= 0.6 is 0 Å². The van der Waals surface area contributed by atoms with Crippen LogP contribution in [0, 0.1) is 13.8 Å². The van der Waals surface area contributed by atoms with Crippen LogP contribution in [-0.2, 0) is 10.8 Å². The summed E-state index contributed by atoms with van der Waals surface area (Å²) in [7, 11) is 0. The van der Waals surface area contributed by atoms with Crippen LogP contribution in [0.25, 0.3) is 44.5 Å². The molecule has 62 heavy (non-hydrogen) atoms. The summed E-state index contributed by atoms with van der Waals surface area (Å²) in [5.74, 6) is 1.80. The molecule has 0 aromatic heterocycles. The molecule has 0 bridgehead atoms. The van der Waals surface area contributed by atoms with E-state index in [9.17, 15) is 0 Å². The molecule has 2 heteroatoms. The zero-order chi connectivity index (χ0) is 41.7. The number of benzene rings is 9. The molecule has 0 saturated heterocycles. The third kappa shape index (κ3) is 5.16. The molecule has 2 aliphatic carbocycles. The lowest BCUT2D eigenvalue weighted by Crippen LogP contribution is -2.32. The van der Waals surface area contributed by atoms with Crippen molar-refractivity contribution in [3.63, 3.8) is 0 Å². The molecule has 1 heterocycles. The van der Waals surface area contributed by atoms with Gasteiger partial charge >= 0.3 is 0 Å². The van der Waals surface area contributed by atoms with Crippen LogP contribution in [0.4, 0.5) is 17.1 Å². The van der Waals surface area contributed by atoms with Crippen LogP contribution in [-0.4, -0.2) is 0 Å². The minimum Gasteiger partial charge on any atom is -0.457 e. The van der Waals surface area contributed by atoms with Crippen LogP contribution in [0.3, 0.4) is 0 Å². The molecular formula is C60H45NO. The first-order valence-corrected chi connectivity index (χ1v) is 21.8. The average Bonchev–Trinajstić information content (AvgIpc) is 3.72. The summed E-state index contributed by atoms with van der Waals surface area (Å²) in [6.45, 7) is 9.30. The monoisotopic (exact) mass is 795 g/mol. The summed E-state index contributed by atoms with van der Waals surface area (Å²) in [5, 5.41) is 0. The molecule has 3 aliphatic rings. The molecular weight excluding hydrogens is 751 g/mol. The van der Waals surface area contributed by atoms with E-state index in [0.717, 1.165) is 22.9 Å². The number of para-hydroxylation sites is 2. The topological polar surface area (TPSA) is 12.5 Å². The minimum atomic E-state index is -0.569. The third-order valence-corrected chi connectivity index (χ3v) is 14.0. The Morgan fingerprint density at radius 1 is 0.355 bits per heavy atom. The van der Waals surface area contributed by atoms with Gasteiger partial charge in [0.25, 0.3) is 0 Å². The summed E-state index contributed by atoms with van der Waals surface area (Å²) >= 11 is 0. The molecule has 0 amide bonds. The van der Waals surface area contributed by atoms with E-state index >= 15 is 0 Å². The lowest BCUT2D eigenvalue weighted by Gasteiger charge is -2.39. The Balaban J connectivity index is 1.08. The highest BCUT2D eigenvalue weighted by atomic mass is 16.5. The molecule has 0 N–H and O–H groups in total. The number of nitrogens with zero attached hydrogens (tertiary/aromatic N) is 1. The second kappa shape index (κ2) is 13.5. The highest BCUT2D eigenvalue weighted by Gasteiger charge is 2.51. The summed E-state index contributed by atoms with van der Waals surface area (Å²) in [6, 6.07) is 73.8. The predicted molar refractivity (Wildman–Crippen MR) is 256 cm³/mol. The Morgan fingerprint density at radius 3 is 1.40 bits per heavy atom. The molecule has 1 aliphatic heterocycles. The Morgan fingerprint density at radius 2 is 0.790 bits per heavy atom. The number of fused-ring (bicyclic) bond motifs is 12. The van der Waals surface area contributed by atoms with E-state index in [4.69, 9.17) is 4.74 Å². The maximum Gasteiger partial charge on any atom is 0.132 e. The smallest absolute Gasteiger partial charge is 0.132 e. The molecule has 0 fully saturated rings.